The van der Waals surface area contributed by atoms with Crippen LogP contribution in [0.2, 0.25) is 5.02 Å². The van der Waals surface area contributed by atoms with E-state index in [0.717, 1.165) is 0 Å². The van der Waals surface area contributed by atoms with Gasteiger partial charge in [-0.1, -0.05) is 35.6 Å². The summed E-state index contributed by atoms with van der Waals surface area (Å²) in [5, 5.41) is 0.406. The zero-order valence-corrected chi connectivity index (χ0v) is 18.3. The zero-order chi connectivity index (χ0) is 22.8. The van der Waals surface area contributed by atoms with E-state index in [1.807, 2.05) is 0 Å². The van der Waals surface area contributed by atoms with Gasteiger partial charge in [-0.15, -0.1) is 0 Å². The van der Waals surface area contributed by atoms with Crippen molar-refractivity contribution in [3.05, 3.63) is 34.9 Å². The van der Waals surface area contributed by atoms with Crippen LogP contribution in [0.5, 0.6) is 0 Å². The van der Waals surface area contributed by atoms with Crippen LogP contribution in [0, 0.1) is 34.5 Å². The Morgan fingerprint density at radius 3 is 2.32 bits per heavy atom. The lowest BCUT2D eigenvalue weighted by Crippen LogP contribution is -2.46. The number of halogens is 1. The van der Waals surface area contributed by atoms with Crippen LogP contribution >= 0.6 is 11.6 Å². The summed E-state index contributed by atoms with van der Waals surface area (Å²) in [6, 6.07) is 6.89. The summed E-state index contributed by atoms with van der Waals surface area (Å²) < 4.78 is 14.8. The molecule has 0 spiro atoms. The van der Waals surface area contributed by atoms with Crippen molar-refractivity contribution in [3.8, 4) is 11.8 Å². The Labute approximate surface area is 185 Å². The maximum atomic E-state index is 13.3. The Balaban J connectivity index is 2.23. The number of Topliss-reactive ketones (excluding diaryl/α,β-unsaturated/α-hetero) is 1. The maximum absolute atomic E-state index is 13.3. The molecule has 0 saturated heterocycles. The van der Waals surface area contributed by atoms with Gasteiger partial charge in [0.1, 0.15) is 0 Å². The quantitative estimate of drug-likeness (QED) is 0.303. The number of ether oxygens (including phenoxy) is 3. The molecule has 1 aromatic rings. The Morgan fingerprint density at radius 1 is 1.10 bits per heavy atom. The molecular formula is C23H23ClO7. The van der Waals surface area contributed by atoms with Crippen LogP contribution in [-0.4, -0.2) is 45.0 Å². The molecule has 3 atom stereocenters. The number of esters is 3. The Kier molecular flexibility index (Phi) is 6.42. The number of hydrogen-bond donors (Lipinski definition) is 0. The summed E-state index contributed by atoms with van der Waals surface area (Å²) in [5.41, 5.74) is -2.64. The summed E-state index contributed by atoms with van der Waals surface area (Å²) >= 11 is 6.22. The van der Waals surface area contributed by atoms with Crippen LogP contribution in [-0.2, 0) is 33.4 Å². The van der Waals surface area contributed by atoms with Gasteiger partial charge in [0.05, 0.1) is 38.2 Å². The number of benzene rings is 1. The number of ketones is 1. The molecule has 0 unspecified atom stereocenters. The van der Waals surface area contributed by atoms with Crippen molar-refractivity contribution < 1.29 is 33.4 Å². The third kappa shape index (κ3) is 3.49. The monoisotopic (exact) mass is 446 g/mol. The predicted octanol–water partition coefficient (Wildman–Crippen LogP) is 2.57. The van der Waals surface area contributed by atoms with Gasteiger partial charge in [0.25, 0.3) is 0 Å². The lowest BCUT2D eigenvalue weighted by molar-refractivity contribution is -0.173. The molecule has 0 aliphatic heterocycles. The van der Waals surface area contributed by atoms with E-state index >= 15 is 0 Å². The summed E-state index contributed by atoms with van der Waals surface area (Å²) in [7, 11) is 3.59. The van der Waals surface area contributed by atoms with Crippen molar-refractivity contribution in [3.63, 3.8) is 0 Å². The lowest BCUT2D eigenvalue weighted by Gasteiger charge is -2.32. The molecule has 8 heteroatoms. The molecule has 0 N–H and O–H groups in total. The van der Waals surface area contributed by atoms with E-state index in [4.69, 9.17) is 25.8 Å². The molecule has 1 aromatic carbocycles. The highest BCUT2D eigenvalue weighted by atomic mass is 35.5. The fourth-order valence-electron chi connectivity index (χ4n) is 5.15. The molecule has 0 amide bonds. The van der Waals surface area contributed by atoms with Crippen molar-refractivity contribution in [1.82, 2.24) is 0 Å². The molecule has 2 aliphatic carbocycles. The average molecular weight is 447 g/mol. The van der Waals surface area contributed by atoms with Crippen LogP contribution < -0.4 is 0 Å². The van der Waals surface area contributed by atoms with E-state index in [-0.39, 0.29) is 31.5 Å². The minimum absolute atomic E-state index is 0.102. The molecule has 0 heterocycles. The minimum atomic E-state index is -1.73. The SMILES string of the molecule is COC(=O)C[C@H]1CC(C(=O)OC)(C(=O)OC)[C@@H]2CCC(=O)[C@]12C#Cc1ccccc1Cl. The topological polar surface area (TPSA) is 96.0 Å². The molecule has 2 fully saturated rings. The molecule has 0 radical (unpaired) electrons. The van der Waals surface area contributed by atoms with Crippen molar-refractivity contribution in [2.24, 2.45) is 22.7 Å². The van der Waals surface area contributed by atoms with E-state index < -0.39 is 40.6 Å². The fourth-order valence-corrected chi connectivity index (χ4v) is 5.34. The smallest absolute Gasteiger partial charge is 0.323 e. The lowest BCUT2D eigenvalue weighted by atomic mass is 9.68. The minimum Gasteiger partial charge on any atom is -0.469 e. The number of fused-ring (bicyclic) bond motifs is 1. The number of carbonyl (C=O) groups is 4. The van der Waals surface area contributed by atoms with E-state index in [1.54, 1.807) is 24.3 Å². The van der Waals surface area contributed by atoms with Crippen LogP contribution in [0.25, 0.3) is 0 Å². The fraction of sp³-hybridized carbons (Fsp3) is 0.478. The van der Waals surface area contributed by atoms with Gasteiger partial charge in [-0.2, -0.15) is 0 Å². The first-order valence-electron chi connectivity index (χ1n) is 9.82. The van der Waals surface area contributed by atoms with Gasteiger partial charge < -0.3 is 14.2 Å². The van der Waals surface area contributed by atoms with Crippen LogP contribution in [0.15, 0.2) is 24.3 Å². The number of rotatable bonds is 4. The van der Waals surface area contributed by atoms with Gasteiger partial charge in [-0.25, -0.2) is 0 Å². The third-order valence-electron chi connectivity index (χ3n) is 6.50. The second-order valence-electron chi connectivity index (χ2n) is 7.75. The van der Waals surface area contributed by atoms with Gasteiger partial charge in [-0.05, 0) is 30.9 Å². The standard InChI is InChI=1S/C23H23ClO7/c1-29-19(26)12-15-13-23(20(27)30-2,21(28)31-3)17-8-9-18(25)22(15,17)11-10-14-6-4-5-7-16(14)24/h4-7,15,17H,8-9,12-13H2,1-3H3/t15-,17+,22+/m0/s1. The first-order chi connectivity index (χ1) is 14.8. The second kappa shape index (κ2) is 8.72. The Hall–Kier alpha value is -2.85. The summed E-state index contributed by atoms with van der Waals surface area (Å²) in [6.45, 7) is 0. The van der Waals surface area contributed by atoms with E-state index in [2.05, 4.69) is 11.8 Å². The van der Waals surface area contributed by atoms with Crippen molar-refractivity contribution in [2.45, 2.75) is 25.7 Å². The first-order valence-corrected chi connectivity index (χ1v) is 10.2. The van der Waals surface area contributed by atoms with E-state index in [1.165, 1.54) is 21.3 Å². The normalized spacial score (nSPS) is 25.7. The van der Waals surface area contributed by atoms with E-state index in [9.17, 15) is 19.2 Å². The Bertz CT molecular complexity index is 973. The molecule has 0 aromatic heterocycles. The maximum Gasteiger partial charge on any atom is 0.323 e. The predicted molar refractivity (Wildman–Crippen MR) is 110 cm³/mol. The molecule has 2 aliphatic rings. The average Bonchev–Trinajstić information content (AvgIpc) is 3.25. The summed E-state index contributed by atoms with van der Waals surface area (Å²) in [5.74, 6) is 2.11. The number of hydrogen-bond acceptors (Lipinski definition) is 7. The van der Waals surface area contributed by atoms with Gasteiger partial charge in [0, 0.05) is 17.9 Å². The van der Waals surface area contributed by atoms with Crippen LogP contribution in [0.3, 0.4) is 0 Å². The third-order valence-corrected chi connectivity index (χ3v) is 6.83. The van der Waals surface area contributed by atoms with E-state index in [0.29, 0.717) is 10.6 Å². The zero-order valence-electron chi connectivity index (χ0n) is 17.5. The highest BCUT2D eigenvalue weighted by molar-refractivity contribution is 6.31. The first kappa shape index (κ1) is 22.8. The molecule has 31 heavy (non-hydrogen) atoms. The molecule has 164 valence electrons. The second-order valence-corrected chi connectivity index (χ2v) is 8.16. The number of carbonyl (C=O) groups excluding carboxylic acids is 4. The highest BCUT2D eigenvalue weighted by Crippen LogP contribution is 2.65. The van der Waals surface area contributed by atoms with Gasteiger partial charge in [0.2, 0.25) is 0 Å². The Morgan fingerprint density at radius 2 is 1.74 bits per heavy atom. The summed E-state index contributed by atoms with van der Waals surface area (Å²) in [4.78, 5) is 51.3. The van der Waals surface area contributed by atoms with Crippen molar-refractivity contribution in [2.75, 3.05) is 21.3 Å². The van der Waals surface area contributed by atoms with Crippen LogP contribution in [0.1, 0.15) is 31.2 Å². The molecular weight excluding hydrogens is 424 g/mol. The van der Waals surface area contributed by atoms with Crippen molar-refractivity contribution >= 4 is 35.3 Å². The molecule has 7 nitrogen and oxygen atoms in total. The number of methoxy groups -OCH3 is 3. The largest absolute Gasteiger partial charge is 0.469 e. The highest BCUT2D eigenvalue weighted by Gasteiger charge is 2.74. The van der Waals surface area contributed by atoms with Crippen molar-refractivity contribution in [1.29, 1.82) is 0 Å². The summed E-state index contributed by atoms with van der Waals surface area (Å²) in [6.07, 6.45) is 0.0912. The van der Waals surface area contributed by atoms with Gasteiger partial charge >= 0.3 is 17.9 Å². The molecule has 3 rings (SSSR count). The van der Waals surface area contributed by atoms with Crippen LogP contribution in [0.4, 0.5) is 0 Å². The molecule has 0 bridgehead atoms. The van der Waals surface area contributed by atoms with Gasteiger partial charge in [0.15, 0.2) is 11.2 Å². The van der Waals surface area contributed by atoms with Gasteiger partial charge in [-0.3, -0.25) is 19.2 Å². The molecule has 2 saturated carbocycles.